The molecule has 2 aromatic rings. The van der Waals surface area contributed by atoms with Crippen LogP contribution in [0.5, 0.6) is 0 Å². The molecule has 3 rings (SSSR count). The topological polar surface area (TPSA) is 32.3 Å². The van der Waals surface area contributed by atoms with Crippen molar-refractivity contribution in [2.24, 2.45) is 0 Å². The standard InChI is InChI=1S/C21H19F3N2OS/c1-3-26-13(2)17(19(27)14-9-5-4-6-10-14)18(25-20(26)28)15-11-7-8-12-16(15)21(22,23)24/h4-12,18H,3H2,1-2H3,(H,25,28). The lowest BCUT2D eigenvalue weighted by molar-refractivity contribution is -0.138. The van der Waals surface area contributed by atoms with E-state index in [0.717, 1.165) is 6.07 Å². The Bertz CT molecular complexity index is 938. The first-order valence-electron chi connectivity index (χ1n) is 8.80. The van der Waals surface area contributed by atoms with E-state index in [-0.39, 0.29) is 16.9 Å². The van der Waals surface area contributed by atoms with Crippen LogP contribution in [0.1, 0.15) is 41.4 Å². The highest BCUT2D eigenvalue weighted by atomic mass is 32.1. The highest BCUT2D eigenvalue weighted by molar-refractivity contribution is 7.80. The first-order chi connectivity index (χ1) is 13.3. The van der Waals surface area contributed by atoms with E-state index in [0.29, 0.717) is 22.9 Å². The predicted octanol–water partition coefficient (Wildman–Crippen LogP) is 5.11. The second-order valence-electron chi connectivity index (χ2n) is 6.41. The van der Waals surface area contributed by atoms with E-state index >= 15 is 0 Å². The number of carbonyl (C=O) groups excluding carboxylic acids is 1. The molecule has 0 bridgehead atoms. The number of allylic oxidation sites excluding steroid dienone is 1. The number of Topliss-reactive ketones (excluding diaryl/α,β-unsaturated/α-hetero) is 1. The summed E-state index contributed by atoms with van der Waals surface area (Å²) in [4.78, 5) is 15.0. The van der Waals surface area contributed by atoms with Gasteiger partial charge in [0.15, 0.2) is 10.9 Å². The molecule has 7 heteroatoms. The molecule has 1 N–H and O–H groups in total. The number of carbonyl (C=O) groups is 1. The molecule has 0 fully saturated rings. The van der Waals surface area contributed by atoms with Gasteiger partial charge in [-0.2, -0.15) is 13.2 Å². The fourth-order valence-electron chi connectivity index (χ4n) is 3.44. The number of halogens is 3. The summed E-state index contributed by atoms with van der Waals surface area (Å²) in [6, 6.07) is 12.8. The Morgan fingerprint density at radius 3 is 2.32 bits per heavy atom. The van der Waals surface area contributed by atoms with Gasteiger partial charge in [0.1, 0.15) is 0 Å². The number of hydrogen-bond donors (Lipinski definition) is 1. The molecule has 0 saturated heterocycles. The van der Waals surface area contributed by atoms with Crippen molar-refractivity contribution in [3.63, 3.8) is 0 Å². The Labute approximate surface area is 166 Å². The van der Waals surface area contributed by atoms with Crippen molar-refractivity contribution >= 4 is 23.1 Å². The first kappa shape index (κ1) is 20.1. The van der Waals surface area contributed by atoms with Crippen LogP contribution in [0.2, 0.25) is 0 Å². The third-order valence-electron chi connectivity index (χ3n) is 4.77. The Morgan fingerprint density at radius 2 is 1.71 bits per heavy atom. The minimum atomic E-state index is -4.55. The third-order valence-corrected chi connectivity index (χ3v) is 5.11. The van der Waals surface area contributed by atoms with Gasteiger partial charge in [-0.3, -0.25) is 4.79 Å². The van der Waals surface area contributed by atoms with E-state index in [1.807, 2.05) is 6.92 Å². The van der Waals surface area contributed by atoms with Gasteiger partial charge in [0.25, 0.3) is 0 Å². The smallest absolute Gasteiger partial charge is 0.351 e. The Hall–Kier alpha value is -2.67. The van der Waals surface area contributed by atoms with Gasteiger partial charge in [0.05, 0.1) is 11.6 Å². The third kappa shape index (κ3) is 3.67. The molecule has 0 spiro atoms. The first-order valence-corrected chi connectivity index (χ1v) is 9.21. The molecule has 146 valence electrons. The number of rotatable bonds is 4. The zero-order chi connectivity index (χ0) is 20.5. The normalized spacial score (nSPS) is 17.5. The number of benzene rings is 2. The monoisotopic (exact) mass is 404 g/mol. The highest BCUT2D eigenvalue weighted by Crippen LogP contribution is 2.39. The molecule has 28 heavy (non-hydrogen) atoms. The summed E-state index contributed by atoms with van der Waals surface area (Å²) in [5.41, 5.74) is 0.426. The number of nitrogens with one attached hydrogen (secondary N) is 1. The number of ketones is 1. The average Bonchev–Trinajstić information content (AvgIpc) is 2.67. The van der Waals surface area contributed by atoms with Gasteiger partial charge in [-0.25, -0.2) is 0 Å². The molecule has 1 aliphatic heterocycles. The van der Waals surface area contributed by atoms with Crippen LogP contribution in [0.4, 0.5) is 13.2 Å². The summed E-state index contributed by atoms with van der Waals surface area (Å²) in [5, 5.41) is 3.25. The van der Waals surface area contributed by atoms with E-state index in [1.54, 1.807) is 42.2 Å². The lowest BCUT2D eigenvalue weighted by Gasteiger charge is -2.38. The number of nitrogens with zero attached hydrogens (tertiary/aromatic N) is 1. The summed E-state index contributed by atoms with van der Waals surface area (Å²) in [6.07, 6.45) is -4.55. The van der Waals surface area contributed by atoms with Gasteiger partial charge in [-0.05, 0) is 37.7 Å². The molecule has 0 amide bonds. The van der Waals surface area contributed by atoms with E-state index in [4.69, 9.17) is 12.2 Å². The number of thiocarbonyl (C=S) groups is 1. The minimum Gasteiger partial charge on any atom is -0.351 e. The van der Waals surface area contributed by atoms with Crippen molar-refractivity contribution in [1.82, 2.24) is 10.2 Å². The minimum absolute atomic E-state index is 0.0215. The van der Waals surface area contributed by atoms with Gasteiger partial charge in [0.2, 0.25) is 0 Å². The van der Waals surface area contributed by atoms with E-state index < -0.39 is 17.8 Å². The maximum Gasteiger partial charge on any atom is 0.416 e. The zero-order valence-corrected chi connectivity index (χ0v) is 16.2. The van der Waals surface area contributed by atoms with Crippen molar-refractivity contribution in [2.75, 3.05) is 6.54 Å². The molecule has 3 nitrogen and oxygen atoms in total. The molecule has 0 saturated carbocycles. The quantitative estimate of drug-likeness (QED) is 0.567. The fourth-order valence-corrected chi connectivity index (χ4v) is 3.83. The summed E-state index contributed by atoms with van der Waals surface area (Å²) < 4.78 is 40.9. The molecular formula is C21H19F3N2OS. The molecule has 1 heterocycles. The largest absolute Gasteiger partial charge is 0.416 e. The lowest BCUT2D eigenvalue weighted by Crippen LogP contribution is -2.47. The van der Waals surface area contributed by atoms with Gasteiger partial charge in [-0.1, -0.05) is 48.5 Å². The van der Waals surface area contributed by atoms with E-state index in [2.05, 4.69) is 5.32 Å². The van der Waals surface area contributed by atoms with Crippen LogP contribution in [-0.4, -0.2) is 22.3 Å². The molecule has 1 atom stereocenters. The van der Waals surface area contributed by atoms with Crippen LogP contribution < -0.4 is 5.32 Å². The summed E-state index contributed by atoms with van der Waals surface area (Å²) in [6.45, 7) is 4.08. The molecule has 0 aromatic heterocycles. The van der Waals surface area contributed by atoms with Gasteiger partial charge < -0.3 is 10.2 Å². The molecule has 0 radical (unpaired) electrons. The average molecular weight is 404 g/mol. The summed E-state index contributed by atoms with van der Waals surface area (Å²) in [5.74, 6) is -0.325. The lowest BCUT2D eigenvalue weighted by atomic mass is 9.87. The van der Waals surface area contributed by atoms with Crippen LogP contribution in [0, 0.1) is 0 Å². The van der Waals surface area contributed by atoms with Crippen molar-refractivity contribution < 1.29 is 18.0 Å². The Morgan fingerprint density at radius 1 is 1.11 bits per heavy atom. The number of alkyl halides is 3. The van der Waals surface area contributed by atoms with Crippen LogP contribution in [0.3, 0.4) is 0 Å². The second-order valence-corrected chi connectivity index (χ2v) is 6.79. The van der Waals surface area contributed by atoms with E-state index in [9.17, 15) is 18.0 Å². The molecule has 1 aliphatic rings. The number of hydrogen-bond acceptors (Lipinski definition) is 2. The van der Waals surface area contributed by atoms with Crippen LogP contribution >= 0.6 is 12.2 Å². The molecule has 1 unspecified atom stereocenters. The van der Waals surface area contributed by atoms with Crippen molar-refractivity contribution in [3.05, 3.63) is 82.6 Å². The zero-order valence-electron chi connectivity index (χ0n) is 15.4. The second kappa shape index (κ2) is 7.75. The van der Waals surface area contributed by atoms with Gasteiger partial charge in [0, 0.05) is 23.4 Å². The molecule has 0 aliphatic carbocycles. The highest BCUT2D eigenvalue weighted by Gasteiger charge is 2.40. The Balaban J connectivity index is 2.21. The van der Waals surface area contributed by atoms with Gasteiger partial charge >= 0.3 is 6.18 Å². The molecular weight excluding hydrogens is 385 g/mol. The predicted molar refractivity (Wildman–Crippen MR) is 106 cm³/mol. The van der Waals surface area contributed by atoms with E-state index in [1.165, 1.54) is 18.2 Å². The van der Waals surface area contributed by atoms with Crippen molar-refractivity contribution in [1.29, 1.82) is 0 Å². The summed E-state index contributed by atoms with van der Waals surface area (Å²) >= 11 is 5.36. The SMILES string of the molecule is CCN1C(=S)NC(c2ccccc2C(F)(F)F)C(C(=O)c2ccccc2)=C1C. The van der Waals surface area contributed by atoms with Gasteiger partial charge in [-0.15, -0.1) is 0 Å². The van der Waals surface area contributed by atoms with Crippen LogP contribution in [0.25, 0.3) is 0 Å². The summed E-state index contributed by atoms with van der Waals surface area (Å²) in [7, 11) is 0. The van der Waals surface area contributed by atoms with Crippen LogP contribution in [0.15, 0.2) is 65.9 Å². The van der Waals surface area contributed by atoms with Crippen molar-refractivity contribution in [2.45, 2.75) is 26.1 Å². The van der Waals surface area contributed by atoms with Crippen LogP contribution in [-0.2, 0) is 6.18 Å². The fraction of sp³-hybridized carbons (Fsp3) is 0.238. The maximum atomic E-state index is 13.6. The molecule has 2 aromatic carbocycles. The Kier molecular flexibility index (Phi) is 5.56. The maximum absolute atomic E-state index is 13.6. The van der Waals surface area contributed by atoms with Crippen molar-refractivity contribution in [3.8, 4) is 0 Å².